The lowest BCUT2D eigenvalue weighted by atomic mass is 9.91. The third kappa shape index (κ3) is 3.42. The molecule has 110 valence electrons. The van der Waals surface area contributed by atoms with E-state index in [2.05, 4.69) is 17.6 Å². The van der Waals surface area contributed by atoms with Crippen molar-refractivity contribution in [3.8, 4) is 11.5 Å². The summed E-state index contributed by atoms with van der Waals surface area (Å²) in [5.41, 5.74) is 0.698. The highest BCUT2D eigenvalue weighted by atomic mass is 16.5. The molecule has 1 heterocycles. The van der Waals surface area contributed by atoms with Crippen molar-refractivity contribution in [2.45, 2.75) is 25.8 Å². The van der Waals surface area contributed by atoms with Gasteiger partial charge in [-0.25, -0.2) is 0 Å². The second-order valence-electron chi connectivity index (χ2n) is 5.08. The molecule has 1 fully saturated rings. The van der Waals surface area contributed by atoms with Crippen LogP contribution in [0.25, 0.3) is 0 Å². The largest absolute Gasteiger partial charge is 0.497 e. The SMILES string of the molecule is COc1cc(NC(=O)C2CCCNC2C)cc(OC)c1. The van der Waals surface area contributed by atoms with Crippen molar-refractivity contribution in [2.75, 3.05) is 26.1 Å². The van der Waals surface area contributed by atoms with Crippen LogP contribution in [0.3, 0.4) is 0 Å². The van der Waals surface area contributed by atoms with Crippen LogP contribution in [0.1, 0.15) is 19.8 Å². The van der Waals surface area contributed by atoms with Crippen LogP contribution < -0.4 is 20.1 Å². The van der Waals surface area contributed by atoms with E-state index in [4.69, 9.17) is 9.47 Å². The number of benzene rings is 1. The molecule has 20 heavy (non-hydrogen) atoms. The number of hydrogen-bond acceptors (Lipinski definition) is 4. The first kappa shape index (κ1) is 14.7. The minimum atomic E-state index is 0.000876. The van der Waals surface area contributed by atoms with Gasteiger partial charge in [-0.3, -0.25) is 4.79 Å². The van der Waals surface area contributed by atoms with Crippen molar-refractivity contribution in [1.29, 1.82) is 0 Å². The lowest BCUT2D eigenvalue weighted by Gasteiger charge is -2.28. The Morgan fingerprint density at radius 1 is 1.25 bits per heavy atom. The summed E-state index contributed by atoms with van der Waals surface area (Å²) >= 11 is 0. The van der Waals surface area contributed by atoms with Crippen LogP contribution in [0.2, 0.25) is 0 Å². The first-order valence-corrected chi connectivity index (χ1v) is 6.91. The summed E-state index contributed by atoms with van der Waals surface area (Å²) in [5.74, 6) is 1.37. The molecular weight excluding hydrogens is 256 g/mol. The molecule has 0 bridgehead atoms. The molecule has 1 amide bonds. The van der Waals surface area contributed by atoms with Gasteiger partial charge in [0.25, 0.3) is 0 Å². The number of methoxy groups -OCH3 is 2. The average molecular weight is 278 g/mol. The van der Waals surface area contributed by atoms with Crippen LogP contribution in [-0.2, 0) is 4.79 Å². The average Bonchev–Trinajstić information content (AvgIpc) is 2.47. The summed E-state index contributed by atoms with van der Waals surface area (Å²) in [5, 5.41) is 6.29. The van der Waals surface area contributed by atoms with Crippen molar-refractivity contribution in [3.05, 3.63) is 18.2 Å². The molecule has 1 aliphatic rings. The Morgan fingerprint density at radius 2 is 1.90 bits per heavy atom. The van der Waals surface area contributed by atoms with Crippen LogP contribution >= 0.6 is 0 Å². The van der Waals surface area contributed by atoms with Gasteiger partial charge >= 0.3 is 0 Å². The van der Waals surface area contributed by atoms with Crippen molar-refractivity contribution in [3.63, 3.8) is 0 Å². The topological polar surface area (TPSA) is 59.6 Å². The maximum atomic E-state index is 12.3. The molecule has 2 rings (SSSR count). The monoisotopic (exact) mass is 278 g/mol. The van der Waals surface area contributed by atoms with Crippen LogP contribution in [0.15, 0.2) is 18.2 Å². The van der Waals surface area contributed by atoms with Gasteiger partial charge in [0, 0.05) is 29.9 Å². The number of amides is 1. The minimum absolute atomic E-state index is 0.000876. The van der Waals surface area contributed by atoms with E-state index < -0.39 is 0 Å². The number of carbonyl (C=O) groups is 1. The summed E-state index contributed by atoms with van der Waals surface area (Å²) in [6.07, 6.45) is 1.95. The number of hydrogen-bond donors (Lipinski definition) is 2. The fraction of sp³-hybridized carbons (Fsp3) is 0.533. The molecule has 1 saturated heterocycles. The summed E-state index contributed by atoms with van der Waals surface area (Å²) in [6, 6.07) is 5.57. The zero-order chi connectivity index (χ0) is 14.5. The molecule has 1 aliphatic heterocycles. The Kier molecular flexibility index (Phi) is 4.84. The molecular formula is C15H22N2O3. The normalized spacial score (nSPS) is 22.1. The fourth-order valence-corrected chi connectivity index (χ4v) is 2.52. The highest BCUT2D eigenvalue weighted by Crippen LogP contribution is 2.27. The molecule has 1 aromatic carbocycles. The second-order valence-corrected chi connectivity index (χ2v) is 5.08. The minimum Gasteiger partial charge on any atom is -0.497 e. The summed E-state index contributed by atoms with van der Waals surface area (Å²) in [7, 11) is 3.18. The fourth-order valence-electron chi connectivity index (χ4n) is 2.52. The standard InChI is InChI=1S/C15H22N2O3/c1-10-14(5-4-6-16-10)15(18)17-11-7-12(19-2)9-13(8-11)20-3/h7-10,14,16H,4-6H2,1-3H3,(H,17,18). The molecule has 0 spiro atoms. The maximum Gasteiger partial charge on any atom is 0.229 e. The molecule has 2 atom stereocenters. The molecule has 2 N–H and O–H groups in total. The van der Waals surface area contributed by atoms with Gasteiger partial charge in [-0.1, -0.05) is 0 Å². The molecule has 2 unspecified atom stereocenters. The first-order chi connectivity index (χ1) is 9.63. The zero-order valence-electron chi connectivity index (χ0n) is 12.2. The van der Waals surface area contributed by atoms with E-state index in [-0.39, 0.29) is 17.9 Å². The van der Waals surface area contributed by atoms with E-state index in [0.717, 1.165) is 19.4 Å². The van der Waals surface area contributed by atoms with Crippen molar-refractivity contribution in [2.24, 2.45) is 5.92 Å². The Bertz CT molecular complexity index is 454. The van der Waals surface area contributed by atoms with Crippen LogP contribution in [-0.4, -0.2) is 32.7 Å². The number of piperidine rings is 1. The van der Waals surface area contributed by atoms with E-state index in [1.165, 1.54) is 0 Å². The lowest BCUT2D eigenvalue weighted by Crippen LogP contribution is -2.44. The first-order valence-electron chi connectivity index (χ1n) is 6.91. The Balaban J connectivity index is 2.10. The number of ether oxygens (including phenoxy) is 2. The smallest absolute Gasteiger partial charge is 0.229 e. The van der Waals surface area contributed by atoms with E-state index in [0.29, 0.717) is 17.2 Å². The van der Waals surface area contributed by atoms with E-state index in [1.807, 2.05) is 0 Å². The number of nitrogens with one attached hydrogen (secondary N) is 2. The molecule has 5 heteroatoms. The maximum absolute atomic E-state index is 12.3. The molecule has 1 aromatic rings. The number of rotatable bonds is 4. The van der Waals surface area contributed by atoms with Crippen molar-refractivity contribution < 1.29 is 14.3 Å². The van der Waals surface area contributed by atoms with Gasteiger partial charge in [-0.2, -0.15) is 0 Å². The Morgan fingerprint density at radius 3 is 2.45 bits per heavy atom. The highest BCUT2D eigenvalue weighted by Gasteiger charge is 2.27. The third-order valence-corrected chi connectivity index (χ3v) is 3.72. The van der Waals surface area contributed by atoms with E-state index in [9.17, 15) is 4.79 Å². The molecule has 0 aromatic heterocycles. The summed E-state index contributed by atoms with van der Waals surface area (Å²) in [4.78, 5) is 12.3. The van der Waals surface area contributed by atoms with Gasteiger partial charge in [-0.05, 0) is 26.3 Å². The Labute approximate surface area is 119 Å². The Hall–Kier alpha value is -1.75. The van der Waals surface area contributed by atoms with Gasteiger partial charge in [0.1, 0.15) is 11.5 Å². The predicted molar refractivity (Wildman–Crippen MR) is 78.4 cm³/mol. The van der Waals surface area contributed by atoms with Gasteiger partial charge in [-0.15, -0.1) is 0 Å². The van der Waals surface area contributed by atoms with Crippen LogP contribution in [0.4, 0.5) is 5.69 Å². The molecule has 5 nitrogen and oxygen atoms in total. The molecule has 0 aliphatic carbocycles. The number of anilines is 1. The summed E-state index contributed by atoms with van der Waals surface area (Å²) in [6.45, 7) is 3.04. The number of carbonyl (C=O) groups excluding carboxylic acids is 1. The van der Waals surface area contributed by atoms with Crippen LogP contribution in [0, 0.1) is 5.92 Å². The second kappa shape index (κ2) is 6.61. The van der Waals surface area contributed by atoms with Gasteiger partial charge in [0.15, 0.2) is 0 Å². The summed E-state index contributed by atoms with van der Waals surface area (Å²) < 4.78 is 10.4. The van der Waals surface area contributed by atoms with Gasteiger partial charge < -0.3 is 20.1 Å². The third-order valence-electron chi connectivity index (χ3n) is 3.72. The lowest BCUT2D eigenvalue weighted by molar-refractivity contribution is -0.121. The highest BCUT2D eigenvalue weighted by molar-refractivity contribution is 5.93. The molecule has 0 radical (unpaired) electrons. The van der Waals surface area contributed by atoms with Crippen molar-refractivity contribution in [1.82, 2.24) is 5.32 Å². The zero-order valence-corrected chi connectivity index (χ0v) is 12.2. The quantitative estimate of drug-likeness (QED) is 0.884. The van der Waals surface area contributed by atoms with Gasteiger partial charge in [0.05, 0.1) is 20.1 Å². The van der Waals surface area contributed by atoms with E-state index >= 15 is 0 Å². The van der Waals surface area contributed by atoms with Gasteiger partial charge in [0.2, 0.25) is 5.91 Å². The predicted octanol–water partition coefficient (Wildman–Crippen LogP) is 2.03. The van der Waals surface area contributed by atoms with Crippen molar-refractivity contribution >= 4 is 11.6 Å². The van der Waals surface area contributed by atoms with Crippen LogP contribution in [0.5, 0.6) is 11.5 Å². The molecule has 0 saturated carbocycles. The van der Waals surface area contributed by atoms with E-state index in [1.54, 1.807) is 32.4 Å².